The largest absolute Gasteiger partial charge is 0.493 e. The normalized spacial score (nSPS) is 26.6. The Morgan fingerprint density at radius 3 is 3.12 bits per heavy atom. The zero-order valence-corrected chi connectivity index (χ0v) is 10.5. The Morgan fingerprint density at radius 2 is 2.29 bits per heavy atom. The van der Waals surface area contributed by atoms with E-state index in [0.29, 0.717) is 0 Å². The summed E-state index contributed by atoms with van der Waals surface area (Å²) in [5, 5.41) is 3.40. The zero-order valence-electron chi connectivity index (χ0n) is 10.5. The van der Waals surface area contributed by atoms with Crippen LogP contribution in [0.15, 0.2) is 18.2 Å². The van der Waals surface area contributed by atoms with Gasteiger partial charge in [-0.1, -0.05) is 19.4 Å². The fraction of sp³-hybridized carbons (Fsp3) is 0.600. The van der Waals surface area contributed by atoms with Crippen molar-refractivity contribution < 1.29 is 4.74 Å². The molecule has 0 aromatic heterocycles. The van der Waals surface area contributed by atoms with E-state index < -0.39 is 0 Å². The minimum absolute atomic E-state index is 0.770. The minimum Gasteiger partial charge on any atom is -0.493 e. The Balaban J connectivity index is 1.58. The molecule has 1 fully saturated rings. The molecule has 2 aliphatic rings. The number of fused-ring (bicyclic) bond motifs is 1. The molecule has 1 aliphatic heterocycles. The first kappa shape index (κ1) is 10.9. The van der Waals surface area contributed by atoms with Crippen LogP contribution in [0.3, 0.4) is 0 Å². The SMILES string of the molecule is CC1CCC(COc2ccc3c(c2)NCC3)C1. The third-order valence-corrected chi connectivity index (χ3v) is 4.08. The number of hydrogen-bond donors (Lipinski definition) is 1. The molecule has 3 rings (SSSR count). The molecule has 2 nitrogen and oxygen atoms in total. The van der Waals surface area contributed by atoms with E-state index in [4.69, 9.17) is 4.74 Å². The lowest BCUT2D eigenvalue weighted by molar-refractivity contribution is 0.249. The molecule has 0 bridgehead atoms. The van der Waals surface area contributed by atoms with Gasteiger partial charge < -0.3 is 10.1 Å². The Hall–Kier alpha value is -1.18. The highest BCUT2D eigenvalue weighted by Crippen LogP contribution is 2.32. The van der Waals surface area contributed by atoms with Crippen LogP contribution in [0.2, 0.25) is 0 Å². The van der Waals surface area contributed by atoms with Crippen molar-refractivity contribution in [1.29, 1.82) is 0 Å². The van der Waals surface area contributed by atoms with Crippen LogP contribution < -0.4 is 10.1 Å². The van der Waals surface area contributed by atoms with Gasteiger partial charge in [0.1, 0.15) is 5.75 Å². The maximum absolute atomic E-state index is 5.92. The Bertz CT molecular complexity index is 402. The fourth-order valence-corrected chi connectivity index (χ4v) is 3.05. The van der Waals surface area contributed by atoms with E-state index in [0.717, 1.165) is 37.2 Å². The van der Waals surface area contributed by atoms with E-state index in [9.17, 15) is 0 Å². The summed E-state index contributed by atoms with van der Waals surface area (Å²) < 4.78 is 5.92. The van der Waals surface area contributed by atoms with E-state index in [1.807, 2.05) is 0 Å². The van der Waals surface area contributed by atoms with Crippen molar-refractivity contribution in [3.05, 3.63) is 23.8 Å². The molecule has 0 saturated heterocycles. The predicted octanol–water partition coefficient (Wildman–Crippen LogP) is 3.47. The number of rotatable bonds is 3. The van der Waals surface area contributed by atoms with Gasteiger partial charge in [0.05, 0.1) is 6.61 Å². The van der Waals surface area contributed by atoms with Gasteiger partial charge in [-0.25, -0.2) is 0 Å². The van der Waals surface area contributed by atoms with Gasteiger partial charge in [-0.3, -0.25) is 0 Å². The number of nitrogens with one attached hydrogen (secondary N) is 1. The van der Waals surface area contributed by atoms with Crippen LogP contribution in [0, 0.1) is 11.8 Å². The summed E-state index contributed by atoms with van der Waals surface area (Å²) in [6, 6.07) is 6.47. The molecule has 2 unspecified atom stereocenters. The summed E-state index contributed by atoms with van der Waals surface area (Å²) in [6.45, 7) is 4.31. The van der Waals surface area contributed by atoms with E-state index in [1.54, 1.807) is 0 Å². The summed E-state index contributed by atoms with van der Waals surface area (Å²) in [5.74, 6) is 2.69. The molecule has 0 radical (unpaired) electrons. The number of benzene rings is 1. The van der Waals surface area contributed by atoms with Gasteiger partial charge in [0, 0.05) is 18.3 Å². The van der Waals surface area contributed by atoms with Gasteiger partial charge >= 0.3 is 0 Å². The van der Waals surface area contributed by atoms with Crippen LogP contribution in [-0.2, 0) is 6.42 Å². The topological polar surface area (TPSA) is 21.3 Å². The van der Waals surface area contributed by atoms with Gasteiger partial charge in [0.25, 0.3) is 0 Å². The Morgan fingerprint density at radius 1 is 1.35 bits per heavy atom. The first-order valence-corrected chi connectivity index (χ1v) is 6.81. The van der Waals surface area contributed by atoms with Crippen molar-refractivity contribution in [2.45, 2.75) is 32.6 Å². The first-order valence-electron chi connectivity index (χ1n) is 6.81. The predicted molar refractivity (Wildman–Crippen MR) is 70.6 cm³/mol. The van der Waals surface area contributed by atoms with Crippen molar-refractivity contribution in [3.63, 3.8) is 0 Å². The van der Waals surface area contributed by atoms with Crippen LogP contribution in [0.1, 0.15) is 31.7 Å². The third-order valence-electron chi connectivity index (χ3n) is 4.08. The van der Waals surface area contributed by atoms with E-state index in [2.05, 4.69) is 30.4 Å². The van der Waals surface area contributed by atoms with Crippen molar-refractivity contribution in [3.8, 4) is 5.75 Å². The molecule has 0 amide bonds. The lowest BCUT2D eigenvalue weighted by Crippen LogP contribution is -2.08. The highest BCUT2D eigenvalue weighted by Gasteiger charge is 2.21. The second-order valence-corrected chi connectivity index (χ2v) is 5.59. The van der Waals surface area contributed by atoms with Crippen molar-refractivity contribution in [2.24, 2.45) is 11.8 Å². The number of hydrogen-bond acceptors (Lipinski definition) is 2. The maximum atomic E-state index is 5.92. The molecule has 1 aromatic carbocycles. The maximum Gasteiger partial charge on any atom is 0.121 e. The van der Waals surface area contributed by atoms with Gasteiger partial charge in [0.15, 0.2) is 0 Å². The summed E-state index contributed by atoms with van der Waals surface area (Å²) in [7, 11) is 0. The molecule has 1 saturated carbocycles. The smallest absolute Gasteiger partial charge is 0.121 e. The highest BCUT2D eigenvalue weighted by atomic mass is 16.5. The molecular formula is C15H21NO. The summed E-state index contributed by atoms with van der Waals surface area (Å²) in [4.78, 5) is 0. The average Bonchev–Trinajstić information content (AvgIpc) is 2.94. The van der Waals surface area contributed by atoms with Gasteiger partial charge in [-0.05, 0) is 42.7 Å². The Labute approximate surface area is 103 Å². The molecule has 2 heteroatoms. The first-order chi connectivity index (χ1) is 8.31. The van der Waals surface area contributed by atoms with Gasteiger partial charge in [-0.15, -0.1) is 0 Å². The van der Waals surface area contributed by atoms with Gasteiger partial charge in [0.2, 0.25) is 0 Å². The van der Waals surface area contributed by atoms with Crippen LogP contribution in [-0.4, -0.2) is 13.2 Å². The van der Waals surface area contributed by atoms with Crippen molar-refractivity contribution >= 4 is 5.69 Å². The number of ether oxygens (including phenoxy) is 1. The lowest BCUT2D eigenvalue weighted by Gasteiger charge is -2.12. The second-order valence-electron chi connectivity index (χ2n) is 5.59. The minimum atomic E-state index is 0.770. The molecule has 0 spiro atoms. The molecule has 92 valence electrons. The molecule has 17 heavy (non-hydrogen) atoms. The molecule has 1 aliphatic carbocycles. The highest BCUT2D eigenvalue weighted by molar-refractivity contribution is 5.58. The van der Waals surface area contributed by atoms with Crippen LogP contribution in [0.4, 0.5) is 5.69 Å². The summed E-state index contributed by atoms with van der Waals surface area (Å²) in [5.41, 5.74) is 2.69. The fourth-order valence-electron chi connectivity index (χ4n) is 3.05. The summed E-state index contributed by atoms with van der Waals surface area (Å²) in [6.07, 6.45) is 5.20. The van der Waals surface area contributed by atoms with Crippen LogP contribution in [0.25, 0.3) is 0 Å². The van der Waals surface area contributed by atoms with E-state index in [1.165, 1.54) is 30.5 Å². The standard InChI is InChI=1S/C15H21NO/c1-11-2-3-12(8-11)10-17-14-5-4-13-6-7-16-15(13)9-14/h4-5,9,11-12,16H,2-3,6-8,10H2,1H3. The van der Waals surface area contributed by atoms with Gasteiger partial charge in [-0.2, -0.15) is 0 Å². The third kappa shape index (κ3) is 2.41. The van der Waals surface area contributed by atoms with E-state index in [-0.39, 0.29) is 0 Å². The number of anilines is 1. The Kier molecular flexibility index (Phi) is 2.96. The second kappa shape index (κ2) is 4.59. The summed E-state index contributed by atoms with van der Waals surface area (Å²) >= 11 is 0. The van der Waals surface area contributed by atoms with Crippen molar-refractivity contribution in [2.75, 3.05) is 18.5 Å². The van der Waals surface area contributed by atoms with Crippen molar-refractivity contribution in [1.82, 2.24) is 0 Å². The molecular weight excluding hydrogens is 210 g/mol. The van der Waals surface area contributed by atoms with Crippen LogP contribution >= 0.6 is 0 Å². The zero-order chi connectivity index (χ0) is 11.7. The quantitative estimate of drug-likeness (QED) is 0.860. The monoisotopic (exact) mass is 231 g/mol. The average molecular weight is 231 g/mol. The molecule has 1 aromatic rings. The molecule has 1 N–H and O–H groups in total. The van der Waals surface area contributed by atoms with Crippen LogP contribution in [0.5, 0.6) is 5.75 Å². The molecule has 1 heterocycles. The van der Waals surface area contributed by atoms with E-state index >= 15 is 0 Å². The molecule has 2 atom stereocenters. The lowest BCUT2D eigenvalue weighted by atomic mass is 10.1.